The molecule has 0 bridgehead atoms. The maximum atomic E-state index is 13.3. The van der Waals surface area contributed by atoms with Crippen LogP contribution in [0.3, 0.4) is 0 Å². The second kappa shape index (κ2) is 9.73. The van der Waals surface area contributed by atoms with Gasteiger partial charge in [-0.25, -0.2) is 4.39 Å². The molecule has 158 valence electrons. The number of nitrogens with one attached hydrogen (secondary N) is 2. The molecule has 2 aromatic carbocycles. The molecule has 0 spiro atoms. The average molecular weight is 422 g/mol. The van der Waals surface area contributed by atoms with E-state index < -0.39 is 29.0 Å². The molecule has 0 saturated carbocycles. The van der Waals surface area contributed by atoms with Crippen molar-refractivity contribution in [3.63, 3.8) is 0 Å². The largest absolute Gasteiger partial charge is 0.456 e. The van der Waals surface area contributed by atoms with Crippen LogP contribution in [0.5, 0.6) is 11.5 Å². The smallest absolute Gasteiger partial charge is 0.416 e. The van der Waals surface area contributed by atoms with Crippen molar-refractivity contribution in [2.45, 2.75) is 13.1 Å². The van der Waals surface area contributed by atoms with E-state index in [2.05, 4.69) is 10.6 Å². The van der Waals surface area contributed by atoms with Crippen molar-refractivity contribution in [2.24, 2.45) is 0 Å². The Kier molecular flexibility index (Phi) is 7.35. The van der Waals surface area contributed by atoms with Gasteiger partial charge in [-0.15, -0.1) is 0 Å². The summed E-state index contributed by atoms with van der Waals surface area (Å²) in [5.41, 5.74) is -1.03. The lowest BCUT2D eigenvalue weighted by Gasteiger charge is -2.15. The van der Waals surface area contributed by atoms with Crippen LogP contribution in [-0.4, -0.2) is 19.2 Å². The molecule has 1 amide bonds. The maximum absolute atomic E-state index is 13.3. The number of aryl methyl sites for hydroxylation is 1. The molecule has 0 aliphatic carbocycles. The summed E-state index contributed by atoms with van der Waals surface area (Å²) in [5, 5.41) is 5.02. The van der Waals surface area contributed by atoms with E-state index in [9.17, 15) is 27.2 Å². The Morgan fingerprint density at radius 1 is 1.10 bits per heavy atom. The lowest BCUT2D eigenvalue weighted by atomic mass is 10.1. The van der Waals surface area contributed by atoms with Gasteiger partial charge >= 0.3 is 6.18 Å². The molecule has 9 heteroatoms. The molecule has 2 rings (SSSR count). The number of allylic oxidation sites excluding steroid dienone is 2. The van der Waals surface area contributed by atoms with Crippen LogP contribution in [0.4, 0.5) is 17.6 Å². The number of carbonyl (C=O) groups is 2. The molecule has 0 saturated heterocycles. The standard InChI is InChI=1S/C21H18F4N2O3/c1-13-11-15(22)4-6-18(13)30-19-5-3-14(21(23,24)25)12-17(19)20(29)27-16(8-10-28)7-9-26-2/h3-12,26H,1-2H3,(H,27,29)/b9-7-,16-8+. The van der Waals surface area contributed by atoms with Crippen molar-refractivity contribution >= 4 is 12.2 Å². The van der Waals surface area contributed by atoms with Crippen LogP contribution >= 0.6 is 0 Å². The minimum atomic E-state index is -4.69. The van der Waals surface area contributed by atoms with E-state index in [1.807, 2.05) is 0 Å². The molecule has 0 unspecified atom stereocenters. The van der Waals surface area contributed by atoms with Crippen LogP contribution in [0.2, 0.25) is 0 Å². The molecule has 0 radical (unpaired) electrons. The molecule has 30 heavy (non-hydrogen) atoms. The van der Waals surface area contributed by atoms with Gasteiger partial charge in [0.15, 0.2) is 0 Å². The lowest BCUT2D eigenvalue weighted by Crippen LogP contribution is -2.23. The first-order chi connectivity index (χ1) is 14.2. The fraction of sp³-hybridized carbons (Fsp3) is 0.143. The van der Waals surface area contributed by atoms with Gasteiger partial charge in [0.2, 0.25) is 0 Å². The quantitative estimate of drug-likeness (QED) is 0.299. The highest BCUT2D eigenvalue weighted by Gasteiger charge is 2.32. The normalized spacial score (nSPS) is 12.0. The van der Waals surface area contributed by atoms with Crippen molar-refractivity contribution in [3.05, 3.63) is 83.0 Å². The molecule has 0 aliphatic rings. The van der Waals surface area contributed by atoms with E-state index in [-0.39, 0.29) is 17.2 Å². The third kappa shape index (κ3) is 5.94. The Bertz CT molecular complexity index is 998. The van der Waals surface area contributed by atoms with Gasteiger partial charge in [-0.1, -0.05) is 0 Å². The van der Waals surface area contributed by atoms with Crippen LogP contribution in [0.25, 0.3) is 0 Å². The molecule has 0 heterocycles. The van der Waals surface area contributed by atoms with E-state index in [1.165, 1.54) is 24.4 Å². The maximum Gasteiger partial charge on any atom is 0.416 e. The van der Waals surface area contributed by atoms with Crippen LogP contribution < -0.4 is 15.4 Å². The topological polar surface area (TPSA) is 67.4 Å². The SMILES string of the molecule is CN/C=C\C(=C/C=O)NC(=O)c1cc(C(F)(F)F)ccc1Oc1ccc(F)cc1C. The molecule has 2 N–H and O–H groups in total. The highest BCUT2D eigenvalue weighted by atomic mass is 19.4. The Labute approximate surface area is 170 Å². The van der Waals surface area contributed by atoms with Gasteiger partial charge in [0.25, 0.3) is 5.91 Å². The second-order valence-corrected chi connectivity index (χ2v) is 6.05. The van der Waals surface area contributed by atoms with E-state index in [0.29, 0.717) is 17.9 Å². The van der Waals surface area contributed by atoms with Gasteiger partial charge in [-0.2, -0.15) is 13.2 Å². The summed E-state index contributed by atoms with van der Waals surface area (Å²) in [6.45, 7) is 1.55. The number of benzene rings is 2. The lowest BCUT2D eigenvalue weighted by molar-refractivity contribution is -0.137. The van der Waals surface area contributed by atoms with Crippen molar-refractivity contribution < 1.29 is 31.9 Å². The predicted octanol–water partition coefficient (Wildman–Crippen LogP) is 4.49. The first-order valence-electron chi connectivity index (χ1n) is 8.61. The van der Waals surface area contributed by atoms with E-state index >= 15 is 0 Å². The first-order valence-corrected chi connectivity index (χ1v) is 8.61. The second-order valence-electron chi connectivity index (χ2n) is 6.05. The van der Waals surface area contributed by atoms with Gasteiger partial charge in [0, 0.05) is 18.8 Å². The predicted molar refractivity (Wildman–Crippen MR) is 102 cm³/mol. The number of alkyl halides is 3. The highest BCUT2D eigenvalue weighted by Crippen LogP contribution is 2.35. The summed E-state index contributed by atoms with van der Waals surface area (Å²) in [7, 11) is 1.58. The van der Waals surface area contributed by atoms with Crippen LogP contribution in [-0.2, 0) is 11.0 Å². The van der Waals surface area contributed by atoms with Gasteiger partial charge in [-0.05, 0) is 61.2 Å². The number of halogens is 4. The Morgan fingerprint density at radius 2 is 1.80 bits per heavy atom. The van der Waals surface area contributed by atoms with Crippen molar-refractivity contribution in [1.82, 2.24) is 10.6 Å². The zero-order chi connectivity index (χ0) is 22.3. The van der Waals surface area contributed by atoms with Gasteiger partial charge in [0.1, 0.15) is 23.6 Å². The van der Waals surface area contributed by atoms with Gasteiger partial charge in [0.05, 0.1) is 11.1 Å². The zero-order valence-corrected chi connectivity index (χ0v) is 16.0. The molecular weight excluding hydrogens is 404 g/mol. The zero-order valence-electron chi connectivity index (χ0n) is 16.0. The van der Waals surface area contributed by atoms with E-state index in [4.69, 9.17) is 4.74 Å². The Balaban J connectivity index is 2.47. The van der Waals surface area contributed by atoms with Crippen LogP contribution in [0, 0.1) is 12.7 Å². The molecule has 2 aromatic rings. The van der Waals surface area contributed by atoms with E-state index in [0.717, 1.165) is 24.3 Å². The summed E-state index contributed by atoms with van der Waals surface area (Å²) in [4.78, 5) is 23.5. The number of hydrogen-bond donors (Lipinski definition) is 2. The van der Waals surface area contributed by atoms with Crippen LogP contribution in [0.15, 0.2) is 60.4 Å². The number of aldehydes is 1. The summed E-state index contributed by atoms with van der Waals surface area (Å²) < 4.78 is 58.4. The summed E-state index contributed by atoms with van der Waals surface area (Å²) >= 11 is 0. The molecule has 0 atom stereocenters. The number of hydrogen-bond acceptors (Lipinski definition) is 4. The van der Waals surface area contributed by atoms with Gasteiger partial charge < -0.3 is 15.4 Å². The molecule has 0 aliphatic heterocycles. The molecule has 0 fully saturated rings. The van der Waals surface area contributed by atoms with Gasteiger partial charge in [-0.3, -0.25) is 9.59 Å². The highest BCUT2D eigenvalue weighted by molar-refractivity contribution is 5.98. The minimum Gasteiger partial charge on any atom is -0.456 e. The number of amides is 1. The molecule has 5 nitrogen and oxygen atoms in total. The minimum absolute atomic E-state index is 0.0469. The Morgan fingerprint density at radius 3 is 2.40 bits per heavy atom. The fourth-order valence-corrected chi connectivity index (χ4v) is 2.40. The first kappa shape index (κ1) is 22.7. The third-order valence-electron chi connectivity index (χ3n) is 3.84. The number of carbonyl (C=O) groups excluding carboxylic acids is 2. The monoisotopic (exact) mass is 422 g/mol. The van der Waals surface area contributed by atoms with Crippen LogP contribution in [0.1, 0.15) is 21.5 Å². The van der Waals surface area contributed by atoms with E-state index in [1.54, 1.807) is 14.0 Å². The fourth-order valence-electron chi connectivity index (χ4n) is 2.40. The van der Waals surface area contributed by atoms with Crippen molar-refractivity contribution in [3.8, 4) is 11.5 Å². The molecule has 0 aromatic heterocycles. The Hall–Kier alpha value is -3.62. The summed E-state index contributed by atoms with van der Waals surface area (Å²) in [5.74, 6) is -1.43. The summed E-state index contributed by atoms with van der Waals surface area (Å²) in [6.07, 6.45) is -0.469. The number of rotatable bonds is 7. The van der Waals surface area contributed by atoms with Crippen molar-refractivity contribution in [1.29, 1.82) is 0 Å². The molecular formula is C21H18F4N2O3. The van der Waals surface area contributed by atoms with Crippen molar-refractivity contribution in [2.75, 3.05) is 7.05 Å². The third-order valence-corrected chi connectivity index (χ3v) is 3.84. The average Bonchev–Trinajstić information content (AvgIpc) is 2.67. The summed E-state index contributed by atoms with van der Waals surface area (Å²) in [6, 6.07) is 6.04. The number of ether oxygens (including phenoxy) is 1.